The van der Waals surface area contributed by atoms with E-state index in [-0.39, 0.29) is 36.8 Å². The van der Waals surface area contributed by atoms with Crippen LogP contribution in [0.3, 0.4) is 0 Å². The van der Waals surface area contributed by atoms with Gasteiger partial charge in [0.2, 0.25) is 5.89 Å². The molecule has 0 bridgehead atoms. The number of carbonyl (C=O) groups is 1. The van der Waals surface area contributed by atoms with Crippen molar-refractivity contribution in [3.05, 3.63) is 23.8 Å². The van der Waals surface area contributed by atoms with Gasteiger partial charge in [-0.05, 0) is 13.3 Å². The van der Waals surface area contributed by atoms with Crippen molar-refractivity contribution in [3.8, 4) is 11.6 Å². The monoisotopic (exact) mass is 323 g/mol. The Balaban J connectivity index is 1.91. The van der Waals surface area contributed by atoms with Crippen molar-refractivity contribution >= 4 is 11.7 Å². The molecule has 0 radical (unpaired) electrons. The minimum Gasteiger partial charge on any atom is -0.443 e. The van der Waals surface area contributed by atoms with E-state index in [1.807, 2.05) is 0 Å². The number of amides is 1. The van der Waals surface area contributed by atoms with Crippen molar-refractivity contribution < 1.29 is 18.0 Å². The van der Waals surface area contributed by atoms with Gasteiger partial charge in [-0.1, -0.05) is 0 Å². The third-order valence-corrected chi connectivity index (χ3v) is 3.61. The Kier molecular flexibility index (Phi) is 3.70. The maximum Gasteiger partial charge on any atom is 0.276 e. The fourth-order valence-corrected chi connectivity index (χ4v) is 2.52. The van der Waals surface area contributed by atoms with Crippen LogP contribution in [-0.2, 0) is 0 Å². The lowest BCUT2D eigenvalue weighted by Crippen LogP contribution is -2.46. The molecule has 1 fully saturated rings. The quantitative estimate of drug-likeness (QED) is 0.906. The minimum absolute atomic E-state index is 0.129. The number of nitrogens with zero attached hydrogens (tertiary/aromatic N) is 4. The molecule has 0 aromatic carbocycles. The predicted octanol–water partition coefficient (Wildman–Crippen LogP) is 1.89. The van der Waals surface area contributed by atoms with Crippen molar-refractivity contribution in [3.63, 3.8) is 0 Å². The van der Waals surface area contributed by atoms with Gasteiger partial charge in [-0.3, -0.25) is 4.79 Å². The summed E-state index contributed by atoms with van der Waals surface area (Å²) in [5.41, 5.74) is 6.36. The number of likely N-dealkylation sites (tertiary alicyclic amines) is 1. The first kappa shape index (κ1) is 15.3. The van der Waals surface area contributed by atoms with Crippen molar-refractivity contribution in [1.29, 1.82) is 0 Å². The van der Waals surface area contributed by atoms with Gasteiger partial charge in [-0.25, -0.2) is 23.7 Å². The van der Waals surface area contributed by atoms with Gasteiger partial charge in [0.15, 0.2) is 11.5 Å². The van der Waals surface area contributed by atoms with E-state index in [9.17, 15) is 13.6 Å². The summed E-state index contributed by atoms with van der Waals surface area (Å²) in [5, 5.41) is 0. The summed E-state index contributed by atoms with van der Waals surface area (Å²) < 4.78 is 32.1. The molecular weight excluding hydrogens is 308 g/mol. The van der Waals surface area contributed by atoms with Crippen LogP contribution in [0, 0.1) is 6.92 Å². The number of aromatic nitrogens is 3. The summed E-state index contributed by atoms with van der Waals surface area (Å²) >= 11 is 0. The summed E-state index contributed by atoms with van der Waals surface area (Å²) in [4.78, 5) is 25.7. The number of anilines is 1. The number of halogens is 2. The molecule has 3 rings (SSSR count). The van der Waals surface area contributed by atoms with E-state index in [2.05, 4.69) is 15.0 Å². The molecule has 23 heavy (non-hydrogen) atoms. The molecule has 2 aromatic rings. The van der Waals surface area contributed by atoms with Gasteiger partial charge in [0.1, 0.15) is 12.0 Å². The molecular formula is C14H15F2N5O2. The lowest BCUT2D eigenvalue weighted by molar-refractivity contribution is -0.0561. The molecule has 122 valence electrons. The van der Waals surface area contributed by atoms with E-state index in [0.29, 0.717) is 11.4 Å². The average molecular weight is 323 g/mol. The highest BCUT2D eigenvalue weighted by atomic mass is 19.3. The Hall–Kier alpha value is -2.58. The third-order valence-electron chi connectivity index (χ3n) is 3.61. The van der Waals surface area contributed by atoms with Crippen LogP contribution in [0.25, 0.3) is 11.6 Å². The van der Waals surface area contributed by atoms with Crippen molar-refractivity contribution in [1.82, 2.24) is 19.9 Å². The topological polar surface area (TPSA) is 98.1 Å². The number of oxazole rings is 1. The van der Waals surface area contributed by atoms with Crippen LogP contribution in [0.5, 0.6) is 0 Å². The van der Waals surface area contributed by atoms with Crippen LogP contribution in [0.4, 0.5) is 14.6 Å². The largest absolute Gasteiger partial charge is 0.443 e. The predicted molar refractivity (Wildman–Crippen MR) is 76.8 cm³/mol. The molecule has 0 atom stereocenters. The average Bonchev–Trinajstić information content (AvgIpc) is 3.01. The number of rotatable bonds is 2. The van der Waals surface area contributed by atoms with E-state index in [1.54, 1.807) is 6.92 Å². The zero-order chi connectivity index (χ0) is 16.6. The molecule has 3 heterocycles. The van der Waals surface area contributed by atoms with Crippen molar-refractivity contribution in [2.24, 2.45) is 0 Å². The molecule has 9 heteroatoms. The molecule has 1 aliphatic rings. The number of piperidine rings is 1. The summed E-state index contributed by atoms with van der Waals surface area (Å²) in [7, 11) is 0. The van der Waals surface area contributed by atoms with E-state index in [4.69, 9.17) is 10.2 Å². The number of nitrogen functional groups attached to an aromatic ring is 1. The molecule has 0 spiro atoms. The molecule has 1 saturated heterocycles. The van der Waals surface area contributed by atoms with E-state index in [0.717, 1.165) is 4.90 Å². The van der Waals surface area contributed by atoms with Crippen LogP contribution in [0.15, 0.2) is 16.9 Å². The SMILES string of the molecule is Cc1nc(C(=O)N2CCCC(F)(F)C2)c(N)nc1-c1ncco1. The van der Waals surface area contributed by atoms with Crippen LogP contribution >= 0.6 is 0 Å². The summed E-state index contributed by atoms with van der Waals surface area (Å²) in [5.74, 6) is -3.44. The number of hydrogen-bond acceptors (Lipinski definition) is 6. The molecule has 2 N–H and O–H groups in total. The second-order valence-corrected chi connectivity index (χ2v) is 5.41. The third kappa shape index (κ3) is 2.99. The summed E-state index contributed by atoms with van der Waals surface area (Å²) in [6.45, 7) is 1.23. The van der Waals surface area contributed by atoms with Crippen LogP contribution in [-0.4, -0.2) is 44.8 Å². The second-order valence-electron chi connectivity index (χ2n) is 5.41. The number of hydrogen-bond donors (Lipinski definition) is 1. The number of carbonyl (C=O) groups excluding carboxylic acids is 1. The zero-order valence-corrected chi connectivity index (χ0v) is 12.4. The van der Waals surface area contributed by atoms with Crippen molar-refractivity contribution in [2.75, 3.05) is 18.8 Å². The Bertz CT molecular complexity index is 733. The Morgan fingerprint density at radius 3 is 2.87 bits per heavy atom. The first-order valence-corrected chi connectivity index (χ1v) is 7.08. The molecule has 0 saturated carbocycles. The standard InChI is InChI=1S/C14H15F2N5O2/c1-8-9(12-18-4-6-23-12)20-11(17)10(19-8)13(22)21-5-2-3-14(15,16)7-21/h4,6H,2-3,5,7H2,1H3,(H2,17,20). The second kappa shape index (κ2) is 5.56. The van der Waals surface area contributed by atoms with Crippen molar-refractivity contribution in [2.45, 2.75) is 25.7 Å². The zero-order valence-electron chi connectivity index (χ0n) is 12.4. The number of aryl methyl sites for hydroxylation is 1. The molecule has 1 aliphatic heterocycles. The summed E-state index contributed by atoms with van der Waals surface area (Å²) in [6.07, 6.45) is 2.84. The smallest absolute Gasteiger partial charge is 0.276 e. The van der Waals surface area contributed by atoms with Gasteiger partial charge in [0.25, 0.3) is 11.8 Å². The highest BCUT2D eigenvalue weighted by Crippen LogP contribution is 2.28. The van der Waals surface area contributed by atoms with E-state index in [1.165, 1.54) is 12.5 Å². The first-order chi connectivity index (χ1) is 10.9. The summed E-state index contributed by atoms with van der Waals surface area (Å²) in [6, 6.07) is 0. The maximum atomic E-state index is 13.5. The molecule has 1 amide bonds. The molecule has 0 aliphatic carbocycles. The van der Waals surface area contributed by atoms with Crippen LogP contribution in [0.1, 0.15) is 29.0 Å². The maximum absolute atomic E-state index is 13.5. The Morgan fingerprint density at radius 2 is 2.22 bits per heavy atom. The molecule has 7 nitrogen and oxygen atoms in total. The van der Waals surface area contributed by atoms with Gasteiger partial charge >= 0.3 is 0 Å². The Morgan fingerprint density at radius 1 is 1.43 bits per heavy atom. The first-order valence-electron chi connectivity index (χ1n) is 7.08. The number of nitrogens with two attached hydrogens (primary N) is 1. The minimum atomic E-state index is -2.89. The number of alkyl halides is 2. The lowest BCUT2D eigenvalue weighted by Gasteiger charge is -2.32. The molecule has 2 aromatic heterocycles. The Labute approximate surface area is 130 Å². The van der Waals surface area contributed by atoms with Gasteiger partial charge < -0.3 is 15.1 Å². The van der Waals surface area contributed by atoms with E-state index >= 15 is 0 Å². The highest BCUT2D eigenvalue weighted by Gasteiger charge is 2.38. The fourth-order valence-electron chi connectivity index (χ4n) is 2.52. The van der Waals surface area contributed by atoms with Gasteiger partial charge in [0, 0.05) is 13.0 Å². The van der Waals surface area contributed by atoms with Gasteiger partial charge in [-0.2, -0.15) is 0 Å². The normalized spacial score (nSPS) is 17.3. The highest BCUT2D eigenvalue weighted by molar-refractivity contribution is 5.96. The van der Waals surface area contributed by atoms with Crippen LogP contribution < -0.4 is 5.73 Å². The van der Waals surface area contributed by atoms with Gasteiger partial charge in [0.05, 0.1) is 18.4 Å². The molecule has 0 unspecified atom stereocenters. The van der Waals surface area contributed by atoms with Gasteiger partial charge in [-0.15, -0.1) is 0 Å². The lowest BCUT2D eigenvalue weighted by atomic mass is 10.1. The van der Waals surface area contributed by atoms with E-state index < -0.39 is 18.4 Å². The van der Waals surface area contributed by atoms with Crippen LogP contribution in [0.2, 0.25) is 0 Å². The fraction of sp³-hybridized carbons (Fsp3) is 0.429.